The van der Waals surface area contributed by atoms with Gasteiger partial charge in [0.15, 0.2) is 0 Å². The van der Waals surface area contributed by atoms with Crippen molar-refractivity contribution < 1.29 is 22.4 Å². The Balaban J connectivity index is 2.03. The predicted octanol–water partition coefficient (Wildman–Crippen LogP) is 5.52. The summed E-state index contributed by atoms with van der Waals surface area (Å²) in [5.74, 6) is -1.48. The van der Waals surface area contributed by atoms with E-state index in [2.05, 4.69) is 5.32 Å². The van der Waals surface area contributed by atoms with Gasteiger partial charge in [0.2, 0.25) is 11.8 Å². The zero-order chi connectivity index (χ0) is 28.7. The molecule has 0 bridgehead atoms. The maximum absolute atomic E-state index is 13.9. The Hall–Kier alpha value is -3.14. The lowest BCUT2D eigenvalue weighted by atomic mass is 10.1. The lowest BCUT2D eigenvalue weighted by molar-refractivity contribution is -0.139. The first-order valence-electron chi connectivity index (χ1n) is 12.2. The molecule has 0 aliphatic carbocycles. The van der Waals surface area contributed by atoms with Gasteiger partial charge in [-0.1, -0.05) is 61.3 Å². The molecule has 39 heavy (non-hydrogen) atoms. The van der Waals surface area contributed by atoms with Crippen molar-refractivity contribution in [3.63, 3.8) is 0 Å². The van der Waals surface area contributed by atoms with Crippen LogP contribution in [0.15, 0.2) is 77.7 Å². The van der Waals surface area contributed by atoms with E-state index in [1.165, 1.54) is 29.2 Å². The van der Waals surface area contributed by atoms with Crippen molar-refractivity contribution >= 4 is 50.7 Å². The van der Waals surface area contributed by atoms with E-state index < -0.39 is 40.2 Å². The molecule has 0 unspecified atom stereocenters. The van der Waals surface area contributed by atoms with E-state index in [0.29, 0.717) is 22.2 Å². The Bertz CT molecular complexity index is 1380. The third-order valence-corrected chi connectivity index (χ3v) is 8.46. The molecule has 0 saturated heterocycles. The highest BCUT2D eigenvalue weighted by Crippen LogP contribution is 2.28. The summed E-state index contributed by atoms with van der Waals surface area (Å²) in [6, 6.07) is 16.2. The van der Waals surface area contributed by atoms with E-state index in [0.717, 1.165) is 16.4 Å². The monoisotopic (exact) mass is 593 g/mol. The van der Waals surface area contributed by atoms with Gasteiger partial charge in [0.05, 0.1) is 10.6 Å². The van der Waals surface area contributed by atoms with Gasteiger partial charge in [-0.2, -0.15) is 0 Å². The van der Waals surface area contributed by atoms with Crippen LogP contribution in [0.3, 0.4) is 0 Å². The SMILES string of the molecule is CC(C)CNC(=O)[C@@H](C)N(Cc1c(Cl)cccc1Cl)C(=O)CN(c1ccc(F)cc1)S(=O)(=O)c1ccccc1. The Kier molecular flexibility index (Phi) is 10.4. The third-order valence-electron chi connectivity index (χ3n) is 5.97. The van der Waals surface area contributed by atoms with Crippen LogP contribution in [0.4, 0.5) is 10.1 Å². The van der Waals surface area contributed by atoms with Crippen molar-refractivity contribution in [2.24, 2.45) is 5.92 Å². The first-order valence-corrected chi connectivity index (χ1v) is 14.4. The third kappa shape index (κ3) is 7.71. The number of hydrogen-bond donors (Lipinski definition) is 1. The number of hydrogen-bond acceptors (Lipinski definition) is 4. The van der Waals surface area contributed by atoms with Crippen LogP contribution in [0.5, 0.6) is 0 Å². The maximum atomic E-state index is 13.9. The molecule has 3 aromatic carbocycles. The molecule has 7 nitrogen and oxygen atoms in total. The summed E-state index contributed by atoms with van der Waals surface area (Å²) in [6.45, 7) is 5.01. The maximum Gasteiger partial charge on any atom is 0.264 e. The van der Waals surface area contributed by atoms with E-state index in [1.54, 1.807) is 43.3 Å². The molecule has 1 atom stereocenters. The number of nitrogens with one attached hydrogen (secondary N) is 1. The van der Waals surface area contributed by atoms with Gasteiger partial charge in [0.1, 0.15) is 18.4 Å². The molecule has 0 heterocycles. The van der Waals surface area contributed by atoms with Crippen molar-refractivity contribution in [1.82, 2.24) is 10.2 Å². The molecule has 0 aliphatic rings. The number of halogens is 3. The summed E-state index contributed by atoms with van der Waals surface area (Å²) >= 11 is 12.7. The molecular weight excluding hydrogens is 564 g/mol. The molecule has 0 saturated carbocycles. The van der Waals surface area contributed by atoms with E-state index in [-0.39, 0.29) is 23.0 Å². The van der Waals surface area contributed by atoms with Crippen LogP contribution < -0.4 is 9.62 Å². The number of sulfonamides is 1. The Morgan fingerprint density at radius 2 is 1.49 bits per heavy atom. The van der Waals surface area contributed by atoms with Crippen molar-refractivity contribution in [3.05, 3.63) is 94.2 Å². The minimum atomic E-state index is -4.24. The normalized spacial score (nSPS) is 12.2. The van der Waals surface area contributed by atoms with Gasteiger partial charge in [-0.05, 0) is 61.4 Å². The molecule has 0 aromatic heterocycles. The molecule has 0 spiro atoms. The fraction of sp³-hybridized carbons (Fsp3) is 0.286. The number of benzene rings is 3. The summed E-state index contributed by atoms with van der Waals surface area (Å²) < 4.78 is 41.9. The smallest absolute Gasteiger partial charge is 0.264 e. The van der Waals surface area contributed by atoms with Crippen LogP contribution in [-0.4, -0.2) is 44.3 Å². The molecule has 2 amide bonds. The minimum Gasteiger partial charge on any atom is -0.354 e. The molecule has 1 N–H and O–H groups in total. The molecule has 11 heteroatoms. The predicted molar refractivity (Wildman–Crippen MR) is 152 cm³/mol. The van der Waals surface area contributed by atoms with Crippen LogP contribution >= 0.6 is 23.2 Å². The summed E-state index contributed by atoms with van der Waals surface area (Å²) in [6.07, 6.45) is 0. The van der Waals surface area contributed by atoms with E-state index in [1.807, 2.05) is 13.8 Å². The highest BCUT2D eigenvalue weighted by molar-refractivity contribution is 7.92. The molecular formula is C28H30Cl2FN3O4S. The topological polar surface area (TPSA) is 86.8 Å². The second-order valence-corrected chi connectivity index (χ2v) is 12.0. The zero-order valence-corrected chi connectivity index (χ0v) is 24.1. The van der Waals surface area contributed by atoms with Crippen molar-refractivity contribution in [1.29, 1.82) is 0 Å². The number of carbonyl (C=O) groups excluding carboxylic acids is 2. The van der Waals surface area contributed by atoms with Gasteiger partial charge in [0, 0.05) is 28.7 Å². The van der Waals surface area contributed by atoms with Crippen molar-refractivity contribution in [2.45, 2.75) is 38.3 Å². The number of nitrogens with zero attached hydrogens (tertiary/aromatic N) is 2. The van der Waals surface area contributed by atoms with E-state index in [4.69, 9.17) is 23.2 Å². The quantitative estimate of drug-likeness (QED) is 0.317. The largest absolute Gasteiger partial charge is 0.354 e. The number of amides is 2. The van der Waals surface area contributed by atoms with E-state index in [9.17, 15) is 22.4 Å². The van der Waals surface area contributed by atoms with Crippen LogP contribution in [0.2, 0.25) is 10.0 Å². The molecule has 0 radical (unpaired) electrons. The molecule has 0 aliphatic heterocycles. The number of rotatable bonds is 11. The fourth-order valence-corrected chi connectivity index (χ4v) is 5.70. The summed E-state index contributed by atoms with van der Waals surface area (Å²) in [5.41, 5.74) is 0.498. The van der Waals surface area contributed by atoms with Crippen molar-refractivity contribution in [3.8, 4) is 0 Å². The van der Waals surface area contributed by atoms with Crippen LogP contribution in [0.25, 0.3) is 0 Å². The summed E-state index contributed by atoms with van der Waals surface area (Å²) in [7, 11) is -4.24. The highest BCUT2D eigenvalue weighted by atomic mass is 35.5. The summed E-state index contributed by atoms with van der Waals surface area (Å²) in [4.78, 5) is 28.1. The molecule has 3 rings (SSSR count). The van der Waals surface area contributed by atoms with Crippen molar-refractivity contribution in [2.75, 3.05) is 17.4 Å². The van der Waals surface area contributed by atoms with Gasteiger partial charge in [-0.25, -0.2) is 12.8 Å². The Morgan fingerprint density at radius 1 is 0.897 bits per heavy atom. The van der Waals surface area contributed by atoms with Crippen LogP contribution in [0.1, 0.15) is 26.3 Å². The molecule has 208 valence electrons. The van der Waals surface area contributed by atoms with E-state index >= 15 is 0 Å². The highest BCUT2D eigenvalue weighted by Gasteiger charge is 2.33. The summed E-state index contributed by atoms with van der Waals surface area (Å²) in [5, 5.41) is 3.39. The van der Waals surface area contributed by atoms with Gasteiger partial charge in [-0.3, -0.25) is 13.9 Å². The fourth-order valence-electron chi connectivity index (χ4n) is 3.74. The Labute approximate surface area is 238 Å². The number of anilines is 1. The second kappa shape index (κ2) is 13.3. The average molecular weight is 595 g/mol. The van der Waals surface area contributed by atoms with Crippen LogP contribution in [-0.2, 0) is 26.2 Å². The van der Waals surface area contributed by atoms with Gasteiger partial charge in [0.25, 0.3) is 10.0 Å². The standard InChI is InChI=1S/C28H30Cl2FN3O4S/c1-19(2)16-32-28(36)20(3)33(17-24-25(29)10-7-11-26(24)30)27(35)18-34(22-14-12-21(31)13-15-22)39(37,38)23-8-5-4-6-9-23/h4-15,19-20H,16-18H2,1-3H3,(H,32,36)/t20-/m1/s1. The first kappa shape index (κ1) is 30.4. The Morgan fingerprint density at radius 3 is 2.05 bits per heavy atom. The molecule has 0 fully saturated rings. The molecule has 3 aromatic rings. The number of carbonyl (C=O) groups is 2. The first-order chi connectivity index (χ1) is 18.4. The lowest BCUT2D eigenvalue weighted by Crippen LogP contribution is -2.51. The van der Waals surface area contributed by atoms with Gasteiger partial charge < -0.3 is 10.2 Å². The van der Waals surface area contributed by atoms with Gasteiger partial charge >= 0.3 is 0 Å². The minimum absolute atomic E-state index is 0.0504. The van der Waals surface area contributed by atoms with Gasteiger partial charge in [-0.15, -0.1) is 0 Å². The lowest BCUT2D eigenvalue weighted by Gasteiger charge is -2.32. The zero-order valence-electron chi connectivity index (χ0n) is 21.8. The average Bonchev–Trinajstić information content (AvgIpc) is 2.90. The van der Waals surface area contributed by atoms with Crippen LogP contribution in [0, 0.1) is 11.7 Å². The second-order valence-electron chi connectivity index (χ2n) is 9.34.